The minimum atomic E-state index is -0.206. The quantitative estimate of drug-likeness (QED) is 0.864. The molecule has 1 aromatic carbocycles. The highest BCUT2D eigenvalue weighted by Crippen LogP contribution is 2.12. The van der Waals surface area contributed by atoms with Crippen LogP contribution >= 0.6 is 0 Å². The molecule has 0 saturated carbocycles. The van der Waals surface area contributed by atoms with Crippen molar-refractivity contribution in [1.29, 1.82) is 0 Å². The molecule has 1 amide bonds. The molecule has 2 rings (SSSR count). The number of hydrogen-bond donors (Lipinski definition) is 2. The molecule has 1 aromatic heterocycles. The van der Waals surface area contributed by atoms with Crippen molar-refractivity contribution in [2.75, 3.05) is 6.54 Å². The van der Waals surface area contributed by atoms with Gasteiger partial charge < -0.3 is 15.5 Å². The largest absolute Gasteiger partial charge is 0.469 e. The molecule has 0 aliphatic carbocycles. The zero-order chi connectivity index (χ0) is 13.7. The van der Waals surface area contributed by atoms with Crippen molar-refractivity contribution in [3.63, 3.8) is 0 Å². The Kier molecular flexibility index (Phi) is 4.36. The molecular weight excluding hydrogens is 240 g/mol. The topological polar surface area (TPSA) is 68.3 Å². The lowest BCUT2D eigenvalue weighted by Crippen LogP contribution is -2.32. The number of amides is 1. The highest BCUT2D eigenvalue weighted by Gasteiger charge is 2.14. The molecule has 3 N–H and O–H groups in total. The summed E-state index contributed by atoms with van der Waals surface area (Å²) >= 11 is 0. The second-order valence-corrected chi connectivity index (χ2v) is 4.34. The standard InChI is InChI=1S/C15H18N2O2/c1-2-14-12(8-9-19-14)15(18)17-10-13(16)11-6-4-3-5-7-11/h3-9,13H,2,10,16H2,1H3,(H,17,18). The van der Waals surface area contributed by atoms with Crippen LogP contribution in [0.4, 0.5) is 0 Å². The molecule has 100 valence electrons. The van der Waals surface area contributed by atoms with Gasteiger partial charge in [0.15, 0.2) is 0 Å². The van der Waals surface area contributed by atoms with E-state index < -0.39 is 0 Å². The second kappa shape index (κ2) is 6.20. The summed E-state index contributed by atoms with van der Waals surface area (Å²) in [6.45, 7) is 2.35. The minimum absolute atomic E-state index is 0.142. The van der Waals surface area contributed by atoms with Crippen LogP contribution in [0.15, 0.2) is 47.1 Å². The maximum atomic E-state index is 12.0. The van der Waals surface area contributed by atoms with Gasteiger partial charge in [-0.05, 0) is 11.6 Å². The van der Waals surface area contributed by atoms with Crippen LogP contribution < -0.4 is 11.1 Å². The number of nitrogens with two attached hydrogens (primary N) is 1. The summed E-state index contributed by atoms with van der Waals surface area (Å²) in [7, 11) is 0. The van der Waals surface area contributed by atoms with Gasteiger partial charge in [-0.2, -0.15) is 0 Å². The monoisotopic (exact) mass is 258 g/mol. The first-order valence-corrected chi connectivity index (χ1v) is 6.37. The molecule has 0 bridgehead atoms. The Morgan fingerprint density at radius 2 is 2.05 bits per heavy atom. The van der Waals surface area contributed by atoms with Gasteiger partial charge in [-0.15, -0.1) is 0 Å². The Morgan fingerprint density at radius 3 is 2.74 bits per heavy atom. The van der Waals surface area contributed by atoms with Crippen molar-refractivity contribution in [1.82, 2.24) is 5.32 Å². The third kappa shape index (κ3) is 3.23. The van der Waals surface area contributed by atoms with Crippen molar-refractivity contribution in [2.24, 2.45) is 5.73 Å². The number of hydrogen-bond acceptors (Lipinski definition) is 3. The predicted octanol–water partition coefficient (Wildman–Crippen LogP) is 2.27. The lowest BCUT2D eigenvalue weighted by atomic mass is 10.1. The van der Waals surface area contributed by atoms with E-state index in [0.717, 1.165) is 5.56 Å². The Bertz CT molecular complexity index is 534. The fourth-order valence-corrected chi connectivity index (χ4v) is 1.93. The SMILES string of the molecule is CCc1occc1C(=O)NCC(N)c1ccccc1. The summed E-state index contributed by atoms with van der Waals surface area (Å²) in [6, 6.07) is 11.2. The highest BCUT2D eigenvalue weighted by molar-refractivity contribution is 5.95. The van der Waals surface area contributed by atoms with Crippen LogP contribution in [0.25, 0.3) is 0 Å². The molecule has 0 saturated heterocycles. The zero-order valence-corrected chi connectivity index (χ0v) is 10.9. The summed E-state index contributed by atoms with van der Waals surface area (Å²) < 4.78 is 5.23. The van der Waals surface area contributed by atoms with E-state index in [-0.39, 0.29) is 11.9 Å². The van der Waals surface area contributed by atoms with E-state index in [4.69, 9.17) is 10.2 Å². The lowest BCUT2D eigenvalue weighted by molar-refractivity contribution is 0.0949. The van der Waals surface area contributed by atoms with E-state index in [1.165, 1.54) is 6.26 Å². The Morgan fingerprint density at radius 1 is 1.32 bits per heavy atom. The van der Waals surface area contributed by atoms with Gasteiger partial charge in [0.05, 0.1) is 11.8 Å². The molecule has 0 spiro atoms. The Hall–Kier alpha value is -2.07. The summed E-state index contributed by atoms with van der Waals surface area (Å²) in [6.07, 6.45) is 2.23. The average molecular weight is 258 g/mol. The Labute approximate surface area is 112 Å². The van der Waals surface area contributed by atoms with E-state index in [0.29, 0.717) is 24.3 Å². The summed E-state index contributed by atoms with van der Waals surface area (Å²) in [5.41, 5.74) is 7.62. The molecule has 2 aromatic rings. The number of aryl methyl sites for hydroxylation is 1. The van der Waals surface area contributed by atoms with Gasteiger partial charge in [0, 0.05) is 19.0 Å². The Balaban J connectivity index is 1.94. The van der Waals surface area contributed by atoms with E-state index in [9.17, 15) is 4.79 Å². The molecule has 4 heteroatoms. The first kappa shape index (κ1) is 13.4. The maximum Gasteiger partial charge on any atom is 0.254 e. The van der Waals surface area contributed by atoms with Gasteiger partial charge >= 0.3 is 0 Å². The van der Waals surface area contributed by atoms with E-state index in [1.807, 2.05) is 37.3 Å². The molecule has 19 heavy (non-hydrogen) atoms. The van der Waals surface area contributed by atoms with Crippen LogP contribution in [0, 0.1) is 0 Å². The third-order valence-corrected chi connectivity index (χ3v) is 3.02. The van der Waals surface area contributed by atoms with Gasteiger partial charge in [-0.25, -0.2) is 0 Å². The van der Waals surface area contributed by atoms with E-state index in [1.54, 1.807) is 6.07 Å². The first-order valence-electron chi connectivity index (χ1n) is 6.37. The van der Waals surface area contributed by atoms with Crippen LogP contribution in [0.3, 0.4) is 0 Å². The van der Waals surface area contributed by atoms with Crippen molar-refractivity contribution < 1.29 is 9.21 Å². The molecule has 1 heterocycles. The third-order valence-electron chi connectivity index (χ3n) is 3.02. The van der Waals surface area contributed by atoms with E-state index in [2.05, 4.69) is 5.32 Å². The number of rotatable bonds is 5. The van der Waals surface area contributed by atoms with Crippen molar-refractivity contribution in [3.05, 3.63) is 59.5 Å². The van der Waals surface area contributed by atoms with Crippen LogP contribution in [-0.2, 0) is 6.42 Å². The smallest absolute Gasteiger partial charge is 0.254 e. The summed E-state index contributed by atoms with van der Waals surface area (Å²) in [5, 5.41) is 2.83. The van der Waals surface area contributed by atoms with Gasteiger partial charge in [0.2, 0.25) is 0 Å². The molecule has 1 atom stereocenters. The van der Waals surface area contributed by atoms with Gasteiger partial charge in [0.25, 0.3) is 5.91 Å². The normalized spacial score (nSPS) is 12.1. The lowest BCUT2D eigenvalue weighted by Gasteiger charge is -2.13. The predicted molar refractivity (Wildman–Crippen MR) is 73.8 cm³/mol. The summed E-state index contributed by atoms with van der Waals surface area (Å²) in [4.78, 5) is 12.0. The number of benzene rings is 1. The number of carbonyl (C=O) groups is 1. The minimum Gasteiger partial charge on any atom is -0.469 e. The van der Waals surface area contributed by atoms with Crippen LogP contribution in [0.1, 0.15) is 34.6 Å². The van der Waals surface area contributed by atoms with Crippen LogP contribution in [-0.4, -0.2) is 12.5 Å². The molecular formula is C15H18N2O2. The fraction of sp³-hybridized carbons (Fsp3) is 0.267. The molecule has 0 aliphatic heterocycles. The van der Waals surface area contributed by atoms with Gasteiger partial charge in [-0.1, -0.05) is 37.3 Å². The molecule has 0 fully saturated rings. The number of nitrogens with one attached hydrogen (secondary N) is 1. The van der Waals surface area contributed by atoms with Gasteiger partial charge in [0.1, 0.15) is 5.76 Å². The number of carbonyl (C=O) groups excluding carboxylic acids is 1. The average Bonchev–Trinajstić information content (AvgIpc) is 2.93. The molecule has 4 nitrogen and oxygen atoms in total. The van der Waals surface area contributed by atoms with E-state index >= 15 is 0 Å². The fourth-order valence-electron chi connectivity index (χ4n) is 1.93. The van der Waals surface area contributed by atoms with Gasteiger partial charge in [-0.3, -0.25) is 4.79 Å². The number of furan rings is 1. The second-order valence-electron chi connectivity index (χ2n) is 4.34. The van der Waals surface area contributed by atoms with Crippen molar-refractivity contribution in [2.45, 2.75) is 19.4 Å². The van der Waals surface area contributed by atoms with Crippen molar-refractivity contribution >= 4 is 5.91 Å². The summed E-state index contributed by atoms with van der Waals surface area (Å²) in [5.74, 6) is 0.558. The zero-order valence-electron chi connectivity index (χ0n) is 10.9. The molecule has 0 radical (unpaired) electrons. The highest BCUT2D eigenvalue weighted by atomic mass is 16.3. The van der Waals surface area contributed by atoms with Crippen molar-refractivity contribution in [3.8, 4) is 0 Å². The molecule has 1 unspecified atom stereocenters. The van der Waals surface area contributed by atoms with Crippen LogP contribution in [0.2, 0.25) is 0 Å². The van der Waals surface area contributed by atoms with Crippen LogP contribution in [0.5, 0.6) is 0 Å². The maximum absolute atomic E-state index is 12.0. The molecule has 0 aliphatic rings. The first-order chi connectivity index (χ1) is 9.22.